The van der Waals surface area contributed by atoms with Crippen molar-refractivity contribution in [3.8, 4) is 5.75 Å². The second-order valence-corrected chi connectivity index (χ2v) is 3.79. The number of thioether (sulfide) groups is 1. The lowest BCUT2D eigenvalue weighted by Crippen LogP contribution is -1.97. The Morgan fingerprint density at radius 1 is 1.46 bits per heavy atom. The highest BCUT2D eigenvalue weighted by Crippen LogP contribution is 2.20. The first kappa shape index (κ1) is 10.4. The number of nitrogens with zero attached hydrogens (tertiary/aromatic N) is 1. The van der Waals surface area contributed by atoms with Gasteiger partial charge in [0.1, 0.15) is 5.75 Å². The van der Waals surface area contributed by atoms with Crippen LogP contribution in [-0.2, 0) is 5.75 Å². The van der Waals surface area contributed by atoms with Gasteiger partial charge in [0, 0.05) is 11.9 Å². The van der Waals surface area contributed by atoms with E-state index in [1.54, 1.807) is 0 Å². The number of hydrogen-bond acceptors (Lipinski definition) is 3. The minimum Gasteiger partial charge on any atom is -0.492 e. The topological polar surface area (TPSA) is 22.1 Å². The molecule has 1 aromatic rings. The first-order valence-electron chi connectivity index (χ1n) is 4.53. The van der Waals surface area contributed by atoms with E-state index in [4.69, 9.17) is 4.74 Å². The number of aromatic nitrogens is 1. The molecule has 0 aliphatic carbocycles. The van der Waals surface area contributed by atoms with Crippen molar-refractivity contribution in [3.05, 3.63) is 24.0 Å². The van der Waals surface area contributed by atoms with Crippen LogP contribution in [0.1, 0.15) is 19.5 Å². The maximum Gasteiger partial charge on any atom is 0.141 e. The summed E-state index contributed by atoms with van der Waals surface area (Å²) < 4.78 is 5.46. The Hall–Kier alpha value is -0.700. The average Bonchev–Trinajstić information content (AvgIpc) is 2.17. The molecule has 0 bridgehead atoms. The standard InChI is InChI=1S/C10H15NOS/c1-3-12-10-6-5-7-11-9(10)8-13-4-2/h5-7H,3-4,8H2,1-2H3. The molecule has 0 saturated carbocycles. The molecule has 0 N–H and O–H groups in total. The van der Waals surface area contributed by atoms with Crippen LogP contribution in [0, 0.1) is 0 Å². The predicted molar refractivity (Wildman–Crippen MR) is 57.2 cm³/mol. The van der Waals surface area contributed by atoms with Crippen LogP contribution in [0.2, 0.25) is 0 Å². The van der Waals surface area contributed by atoms with Crippen LogP contribution >= 0.6 is 11.8 Å². The van der Waals surface area contributed by atoms with E-state index in [1.807, 2.05) is 37.0 Å². The number of rotatable bonds is 5. The van der Waals surface area contributed by atoms with Crippen LogP contribution in [0.4, 0.5) is 0 Å². The van der Waals surface area contributed by atoms with Gasteiger partial charge in [-0.25, -0.2) is 0 Å². The molecule has 1 heterocycles. The minimum atomic E-state index is 0.704. The van der Waals surface area contributed by atoms with Crippen LogP contribution in [-0.4, -0.2) is 17.3 Å². The van der Waals surface area contributed by atoms with Gasteiger partial charge in [-0.15, -0.1) is 0 Å². The molecule has 0 saturated heterocycles. The molecule has 0 fully saturated rings. The molecule has 0 atom stereocenters. The molecule has 0 radical (unpaired) electrons. The van der Waals surface area contributed by atoms with Crippen molar-refractivity contribution in [2.24, 2.45) is 0 Å². The van der Waals surface area contributed by atoms with Crippen molar-refractivity contribution in [1.29, 1.82) is 0 Å². The molecular weight excluding hydrogens is 182 g/mol. The van der Waals surface area contributed by atoms with E-state index in [0.717, 1.165) is 22.9 Å². The van der Waals surface area contributed by atoms with Gasteiger partial charge >= 0.3 is 0 Å². The smallest absolute Gasteiger partial charge is 0.141 e. The van der Waals surface area contributed by atoms with Gasteiger partial charge in [0.15, 0.2) is 0 Å². The summed E-state index contributed by atoms with van der Waals surface area (Å²) >= 11 is 1.86. The average molecular weight is 197 g/mol. The van der Waals surface area contributed by atoms with Crippen LogP contribution in [0.5, 0.6) is 5.75 Å². The Balaban J connectivity index is 2.66. The van der Waals surface area contributed by atoms with Crippen molar-refractivity contribution >= 4 is 11.8 Å². The molecule has 3 heteroatoms. The second kappa shape index (κ2) is 5.86. The largest absolute Gasteiger partial charge is 0.492 e. The Labute approximate surface area is 83.7 Å². The summed E-state index contributed by atoms with van der Waals surface area (Å²) in [7, 11) is 0. The summed E-state index contributed by atoms with van der Waals surface area (Å²) in [6, 6.07) is 3.88. The third kappa shape index (κ3) is 3.27. The van der Waals surface area contributed by atoms with E-state index < -0.39 is 0 Å². The predicted octanol–water partition coefficient (Wildman–Crippen LogP) is 2.73. The van der Waals surface area contributed by atoms with E-state index in [2.05, 4.69) is 11.9 Å². The molecule has 0 aliphatic heterocycles. The van der Waals surface area contributed by atoms with Crippen LogP contribution in [0.15, 0.2) is 18.3 Å². The Morgan fingerprint density at radius 2 is 2.31 bits per heavy atom. The highest BCUT2D eigenvalue weighted by atomic mass is 32.2. The summed E-state index contributed by atoms with van der Waals surface area (Å²) in [4.78, 5) is 4.29. The molecular formula is C10H15NOS. The fraction of sp³-hybridized carbons (Fsp3) is 0.500. The van der Waals surface area contributed by atoms with Crippen molar-refractivity contribution in [2.45, 2.75) is 19.6 Å². The van der Waals surface area contributed by atoms with Gasteiger partial charge in [0.25, 0.3) is 0 Å². The lowest BCUT2D eigenvalue weighted by atomic mass is 10.3. The monoisotopic (exact) mass is 197 g/mol. The van der Waals surface area contributed by atoms with E-state index in [9.17, 15) is 0 Å². The molecule has 0 aromatic carbocycles. The zero-order chi connectivity index (χ0) is 9.52. The lowest BCUT2D eigenvalue weighted by molar-refractivity contribution is 0.336. The molecule has 1 aromatic heterocycles. The van der Waals surface area contributed by atoms with Crippen molar-refractivity contribution < 1.29 is 4.74 Å². The number of pyridine rings is 1. The summed E-state index contributed by atoms with van der Waals surface area (Å²) in [6.45, 7) is 4.84. The third-order valence-electron chi connectivity index (χ3n) is 1.59. The Morgan fingerprint density at radius 3 is 3.00 bits per heavy atom. The van der Waals surface area contributed by atoms with Crippen molar-refractivity contribution in [1.82, 2.24) is 4.98 Å². The molecule has 0 aliphatic rings. The summed E-state index contributed by atoms with van der Waals surface area (Å²) in [5.41, 5.74) is 1.05. The highest BCUT2D eigenvalue weighted by Gasteiger charge is 2.02. The second-order valence-electron chi connectivity index (χ2n) is 2.52. The van der Waals surface area contributed by atoms with E-state index in [-0.39, 0.29) is 0 Å². The maximum atomic E-state index is 5.46. The summed E-state index contributed by atoms with van der Waals surface area (Å²) in [5, 5.41) is 0. The third-order valence-corrected chi connectivity index (χ3v) is 2.48. The fourth-order valence-electron chi connectivity index (χ4n) is 1.02. The quantitative estimate of drug-likeness (QED) is 0.724. The van der Waals surface area contributed by atoms with Crippen LogP contribution < -0.4 is 4.74 Å². The SMILES string of the molecule is CCOc1cccnc1CSCC. The van der Waals surface area contributed by atoms with E-state index in [0.29, 0.717) is 6.61 Å². The minimum absolute atomic E-state index is 0.704. The molecule has 72 valence electrons. The van der Waals surface area contributed by atoms with Crippen molar-refractivity contribution in [3.63, 3.8) is 0 Å². The molecule has 13 heavy (non-hydrogen) atoms. The lowest BCUT2D eigenvalue weighted by Gasteiger charge is -2.07. The Bertz CT molecular complexity index is 252. The van der Waals surface area contributed by atoms with Crippen LogP contribution in [0.3, 0.4) is 0 Å². The number of hydrogen-bond donors (Lipinski definition) is 0. The van der Waals surface area contributed by atoms with Gasteiger partial charge in [0.2, 0.25) is 0 Å². The van der Waals surface area contributed by atoms with Gasteiger partial charge in [-0.3, -0.25) is 4.98 Å². The number of ether oxygens (including phenoxy) is 1. The first-order valence-corrected chi connectivity index (χ1v) is 5.68. The van der Waals surface area contributed by atoms with Crippen LogP contribution in [0.25, 0.3) is 0 Å². The van der Waals surface area contributed by atoms with Gasteiger partial charge < -0.3 is 4.74 Å². The molecule has 0 unspecified atom stereocenters. The molecule has 2 nitrogen and oxygen atoms in total. The molecule has 1 rings (SSSR count). The van der Waals surface area contributed by atoms with E-state index >= 15 is 0 Å². The van der Waals surface area contributed by atoms with Gasteiger partial charge in [0.05, 0.1) is 12.3 Å². The van der Waals surface area contributed by atoms with Gasteiger partial charge in [-0.2, -0.15) is 11.8 Å². The fourth-order valence-corrected chi connectivity index (χ4v) is 1.63. The Kier molecular flexibility index (Phi) is 4.68. The van der Waals surface area contributed by atoms with Gasteiger partial charge in [-0.1, -0.05) is 6.92 Å². The van der Waals surface area contributed by atoms with Crippen molar-refractivity contribution in [2.75, 3.05) is 12.4 Å². The van der Waals surface area contributed by atoms with E-state index in [1.165, 1.54) is 0 Å². The zero-order valence-corrected chi connectivity index (χ0v) is 8.93. The highest BCUT2D eigenvalue weighted by molar-refractivity contribution is 7.98. The first-order chi connectivity index (χ1) is 6.38. The van der Waals surface area contributed by atoms with Gasteiger partial charge in [-0.05, 0) is 24.8 Å². The maximum absolute atomic E-state index is 5.46. The summed E-state index contributed by atoms with van der Waals surface area (Å²) in [6.07, 6.45) is 1.81. The zero-order valence-electron chi connectivity index (χ0n) is 8.12. The molecule has 0 amide bonds. The molecule has 0 spiro atoms. The normalized spacial score (nSPS) is 10.0. The summed E-state index contributed by atoms with van der Waals surface area (Å²) in [5.74, 6) is 2.97.